The van der Waals surface area contributed by atoms with Gasteiger partial charge in [0.2, 0.25) is 53.2 Å². The molecule has 31 heteroatoms. The van der Waals surface area contributed by atoms with E-state index in [2.05, 4.69) is 57.2 Å². The van der Waals surface area contributed by atoms with Gasteiger partial charge in [0.1, 0.15) is 58.6 Å². The summed E-state index contributed by atoms with van der Waals surface area (Å²) in [6.45, 7) is 3.08. The number of benzene rings is 4. The lowest BCUT2D eigenvalue weighted by molar-refractivity contribution is -0.148. The fourth-order valence-electron chi connectivity index (χ4n) is 12.8. The van der Waals surface area contributed by atoms with Crippen molar-refractivity contribution < 1.29 is 86.1 Å². The lowest BCUT2D eigenvalue weighted by Gasteiger charge is -2.37. The minimum absolute atomic E-state index is 0.0190. The number of fused-ring (bicyclic) bond motifs is 35. The fourth-order valence-corrected chi connectivity index (χ4v) is 12.8. The molecule has 6 heterocycles. The molecule has 2 bridgehead atoms. The topological polar surface area (TPSA) is 445 Å². The molecule has 544 valence electrons. The zero-order valence-electron chi connectivity index (χ0n) is 56.7. The molecular formula is C72H81F2N13O16. The molecule has 3 aromatic heterocycles. The largest absolute Gasteiger partial charge is 0.508 e. The Morgan fingerprint density at radius 2 is 1.31 bits per heavy atom. The van der Waals surface area contributed by atoms with E-state index in [1.807, 2.05) is 0 Å². The van der Waals surface area contributed by atoms with Gasteiger partial charge < -0.3 is 77.8 Å². The Labute approximate surface area is 588 Å². The Morgan fingerprint density at radius 3 is 1.92 bits per heavy atom. The molecule has 0 radical (unpaired) electrons. The number of ketones is 3. The van der Waals surface area contributed by atoms with Gasteiger partial charge in [0.15, 0.2) is 11.6 Å². The van der Waals surface area contributed by atoms with Gasteiger partial charge in [-0.25, -0.2) is 13.8 Å². The number of aromatic hydroxyl groups is 1. The highest BCUT2D eigenvalue weighted by atomic mass is 19.1. The van der Waals surface area contributed by atoms with Crippen molar-refractivity contribution in [1.82, 2.24) is 62.1 Å². The van der Waals surface area contributed by atoms with Gasteiger partial charge in [-0.15, -0.1) is 0 Å². The summed E-state index contributed by atoms with van der Waals surface area (Å²) >= 11 is 0. The number of Topliss-reactive ketones (excluding diaryl/α,β-unsaturated/α-hetero) is 3. The summed E-state index contributed by atoms with van der Waals surface area (Å²) in [5.74, 6) is -16.0. The van der Waals surface area contributed by atoms with Crippen molar-refractivity contribution in [3.8, 4) is 11.5 Å². The summed E-state index contributed by atoms with van der Waals surface area (Å²) in [4.78, 5) is 197. The number of carboxylic acids is 1. The second-order valence-corrected chi connectivity index (χ2v) is 26.2. The average Bonchev–Trinajstić information content (AvgIpc) is 1.68. The first-order valence-electron chi connectivity index (χ1n) is 33.5. The first-order chi connectivity index (χ1) is 49.1. The van der Waals surface area contributed by atoms with Gasteiger partial charge in [-0.05, 0) is 122 Å². The van der Waals surface area contributed by atoms with Crippen LogP contribution in [0.15, 0.2) is 110 Å². The number of aliphatic carboxylic acids is 1. The minimum atomic E-state index is -1.81. The van der Waals surface area contributed by atoms with Crippen LogP contribution in [0, 0.1) is 23.5 Å². The number of amides is 9. The molecule has 0 unspecified atom stereocenters. The SMILES string of the molecule is CC(=O)N[C@H]1CC(=O)CCCOc2ccc(cc2)C[C@@H](C(N)=O)NC(=O)[C@]2(C)CCCN2C(=O)[C@H](Cc2ccc(O)cc2)CC(=O)[C@H](Cc2c[nH]cn2)NC(=O)[C@H](CC(=O)O)CC(=O)[C@H](Cc2c[nH]c3ccc(F)cc23)NC(=O)[C@H](Cc2c[nH]c3ccc(F)cc23)NC(=O)CNC(=O)[C@H](C)NC1=O. The first-order valence-corrected chi connectivity index (χ1v) is 33.5. The number of phenolic OH excluding ortho intramolecular Hbond substituents is 1. The molecule has 1 saturated heterocycles. The molecule has 29 nitrogen and oxygen atoms in total. The number of nitrogens with one attached hydrogen (secondary N) is 10. The maximum Gasteiger partial charge on any atom is 0.304 e. The van der Waals surface area contributed by atoms with Gasteiger partial charge in [0, 0.05) is 111 Å². The van der Waals surface area contributed by atoms with Gasteiger partial charge in [-0.2, -0.15) is 0 Å². The highest BCUT2D eigenvalue weighted by molar-refractivity contribution is 6.01. The van der Waals surface area contributed by atoms with E-state index in [1.165, 1.54) is 98.3 Å². The number of nitrogens with two attached hydrogens (primary N) is 1. The molecule has 0 spiro atoms. The average molecular weight is 1420 g/mol. The third-order valence-electron chi connectivity index (χ3n) is 18.4. The molecule has 9 amide bonds. The van der Waals surface area contributed by atoms with E-state index in [1.54, 1.807) is 24.3 Å². The Morgan fingerprint density at radius 1 is 0.689 bits per heavy atom. The number of primary amides is 1. The number of aromatic amines is 3. The van der Waals surface area contributed by atoms with Gasteiger partial charge in [-0.3, -0.25) is 62.3 Å². The Hall–Kier alpha value is -11.7. The summed E-state index contributed by atoms with van der Waals surface area (Å²) in [7, 11) is 0. The molecular weight excluding hydrogens is 1340 g/mol. The number of carbonyl (C=O) groups is 13. The third-order valence-corrected chi connectivity index (χ3v) is 18.4. The number of halogens is 2. The van der Waals surface area contributed by atoms with Crippen molar-refractivity contribution in [3.63, 3.8) is 0 Å². The van der Waals surface area contributed by atoms with E-state index < -0.39 is 187 Å². The first kappa shape index (κ1) is 75.5. The number of H-pyrrole nitrogens is 3. The molecule has 0 saturated carbocycles. The second kappa shape index (κ2) is 34.1. The second-order valence-electron chi connectivity index (χ2n) is 26.2. The van der Waals surface area contributed by atoms with Gasteiger partial charge >= 0.3 is 5.97 Å². The van der Waals surface area contributed by atoms with Crippen LogP contribution in [0.2, 0.25) is 0 Å². The Bertz CT molecular complexity index is 4330. The van der Waals surface area contributed by atoms with Crippen LogP contribution >= 0.6 is 0 Å². The molecule has 7 aromatic rings. The van der Waals surface area contributed by atoms with Crippen LogP contribution in [-0.2, 0) is 94.4 Å². The van der Waals surface area contributed by atoms with Crippen LogP contribution in [0.3, 0.4) is 0 Å². The molecule has 103 heavy (non-hydrogen) atoms. The van der Waals surface area contributed by atoms with Crippen LogP contribution < -0.4 is 47.7 Å². The predicted molar refractivity (Wildman–Crippen MR) is 365 cm³/mol. The highest BCUT2D eigenvalue weighted by Crippen LogP contribution is 2.34. The number of rotatable bonds is 12. The zero-order chi connectivity index (χ0) is 74.2. The third kappa shape index (κ3) is 20.3. The molecule has 1 fully saturated rings. The number of hydrogen-bond acceptors (Lipinski definition) is 16. The number of carbonyl (C=O) groups excluding carboxylic acids is 12. The van der Waals surface area contributed by atoms with Crippen LogP contribution in [0.1, 0.15) is 100 Å². The van der Waals surface area contributed by atoms with Crippen molar-refractivity contribution in [1.29, 1.82) is 0 Å². The number of nitrogens with zero attached hydrogens (tertiary/aromatic N) is 2. The number of imidazole rings is 1. The van der Waals surface area contributed by atoms with E-state index in [9.17, 15) is 62.1 Å². The summed E-state index contributed by atoms with van der Waals surface area (Å²) < 4.78 is 35.7. The maximum absolute atomic E-state index is 15.3. The van der Waals surface area contributed by atoms with Crippen molar-refractivity contribution in [2.24, 2.45) is 17.6 Å². The zero-order valence-corrected chi connectivity index (χ0v) is 56.7. The number of carboxylic acid groups (broad SMARTS) is 1. The monoisotopic (exact) mass is 1420 g/mol. The summed E-state index contributed by atoms with van der Waals surface area (Å²) in [6, 6.07) is 10.6. The van der Waals surface area contributed by atoms with Crippen LogP contribution in [-0.4, -0.2) is 173 Å². The smallest absolute Gasteiger partial charge is 0.304 e. The Kier molecular flexibility index (Phi) is 25.0. The summed E-state index contributed by atoms with van der Waals surface area (Å²) in [6.07, 6.45) is 1.52. The van der Waals surface area contributed by atoms with Crippen LogP contribution in [0.5, 0.6) is 11.5 Å². The quantitative estimate of drug-likeness (QED) is 0.0782. The van der Waals surface area contributed by atoms with Crippen LogP contribution in [0.4, 0.5) is 8.78 Å². The normalized spacial score (nSPS) is 23.4. The molecule has 0 aliphatic carbocycles. The number of phenols is 1. The highest BCUT2D eigenvalue weighted by Gasteiger charge is 2.49. The predicted octanol–water partition coefficient (Wildman–Crippen LogP) is 2.56. The lowest BCUT2D eigenvalue weighted by Crippen LogP contribution is -2.60. The minimum Gasteiger partial charge on any atom is -0.508 e. The van der Waals surface area contributed by atoms with Gasteiger partial charge in [0.05, 0.1) is 49.6 Å². The van der Waals surface area contributed by atoms with E-state index >= 15 is 19.2 Å². The maximum atomic E-state index is 15.3. The van der Waals surface area contributed by atoms with E-state index in [-0.39, 0.29) is 85.0 Å². The number of aromatic nitrogens is 4. The molecule has 4 aromatic carbocycles. The van der Waals surface area contributed by atoms with Crippen molar-refractivity contribution in [2.75, 3.05) is 19.7 Å². The molecule has 3 aliphatic heterocycles. The summed E-state index contributed by atoms with van der Waals surface area (Å²) in [5, 5.41) is 38.9. The number of ether oxygens (including phenoxy) is 1. The molecule has 14 N–H and O–H groups in total. The van der Waals surface area contributed by atoms with Crippen molar-refractivity contribution in [3.05, 3.63) is 149 Å². The van der Waals surface area contributed by atoms with Gasteiger partial charge in [0.25, 0.3) is 0 Å². The standard InChI is InChI=1S/C72H81F2N13O16/c1-38-66(97)79-36-63(93)83-59(25-45-34-78-55-18-12-47(74)30-53(45)55)69(100)85-56(24-44-33-77-54-17-11-46(73)29-52(44)54)61(91)26-42(28-64(94)95)67(98)84-57(31-48-35-76-37-80-48)62(92)27-43(22-40-7-13-49(89)14-8-40)70(101)87-20-5-19-72(87,3)71(102)86-58(65(75)96)23-41-9-15-51(16-10-41)103-21-4-6-50(90)32-60(68(99)81-38)82-39(2)88/h7-18,29-30,33-35,37-38,42-43,56-60,77-78,89H,4-6,19-28,31-32,36H2,1-3H3,(H2,75,96)(H,76,80)(H,79,97)(H,81,99)(H,82,88)(H,83,93)(H,84,98)(H,85,100)(H,86,102)(H,94,95)/t38-,42-,43+,56-,57-,58-,59-,60-,72-/m0/s1. The van der Waals surface area contributed by atoms with Crippen molar-refractivity contribution in [2.45, 2.75) is 146 Å². The lowest BCUT2D eigenvalue weighted by atomic mass is 9.87. The number of hydrogen-bond donors (Lipinski definition) is 13. The van der Waals surface area contributed by atoms with Crippen LogP contribution in [0.25, 0.3) is 21.8 Å². The fraction of sp³-hybridized carbons (Fsp3) is 0.389. The summed E-state index contributed by atoms with van der Waals surface area (Å²) in [5.41, 5.74) is 6.86. The van der Waals surface area contributed by atoms with Gasteiger partial charge in [-0.1, -0.05) is 24.3 Å². The molecule has 10 rings (SSSR count). The van der Waals surface area contributed by atoms with E-state index in [0.717, 1.165) is 13.0 Å². The van der Waals surface area contributed by atoms with E-state index in [4.69, 9.17) is 10.5 Å². The Balaban J connectivity index is 1.06. The molecule has 3 aliphatic rings. The van der Waals surface area contributed by atoms with Crippen molar-refractivity contribution >= 4 is 98.3 Å². The molecule has 9 atom stereocenters. The van der Waals surface area contributed by atoms with E-state index in [0.29, 0.717) is 34.3 Å².